The first kappa shape index (κ1) is 23.4. The number of carbonyl (C=O) groups is 3. The Kier molecular flexibility index (Phi) is 6.50. The lowest BCUT2D eigenvalue weighted by atomic mass is 9.78. The zero-order valence-electron chi connectivity index (χ0n) is 20.0. The molecular weight excluding hydrogens is 444 g/mol. The van der Waals surface area contributed by atoms with Gasteiger partial charge in [-0.25, -0.2) is 4.79 Å². The molecule has 7 nitrogen and oxygen atoms in total. The molecule has 2 N–H and O–H groups in total. The Morgan fingerprint density at radius 3 is 2.20 bits per heavy atom. The van der Waals surface area contributed by atoms with Gasteiger partial charge in [0.05, 0.1) is 11.8 Å². The van der Waals surface area contributed by atoms with Gasteiger partial charge < -0.3 is 20.1 Å². The number of nitrogens with one attached hydrogen (secondary N) is 1. The minimum absolute atomic E-state index is 0.0103. The Labute approximate surface area is 205 Å². The number of amides is 2. The third kappa shape index (κ3) is 4.51. The first-order valence-electron chi connectivity index (χ1n) is 12.5. The van der Waals surface area contributed by atoms with Gasteiger partial charge >= 0.3 is 12.1 Å². The van der Waals surface area contributed by atoms with Gasteiger partial charge in [-0.1, -0.05) is 61.4 Å². The van der Waals surface area contributed by atoms with Crippen LogP contribution in [0, 0.1) is 11.8 Å². The molecular formula is C28H32N2O5. The van der Waals surface area contributed by atoms with Crippen LogP contribution in [0.2, 0.25) is 0 Å². The summed E-state index contributed by atoms with van der Waals surface area (Å²) in [4.78, 5) is 38.9. The number of hydrogen-bond donors (Lipinski definition) is 2. The van der Waals surface area contributed by atoms with E-state index >= 15 is 0 Å². The average molecular weight is 477 g/mol. The van der Waals surface area contributed by atoms with Crippen molar-refractivity contribution in [2.45, 2.75) is 56.5 Å². The number of aliphatic carboxylic acids is 1. The smallest absolute Gasteiger partial charge is 0.407 e. The predicted molar refractivity (Wildman–Crippen MR) is 131 cm³/mol. The highest BCUT2D eigenvalue weighted by atomic mass is 16.5. The fraction of sp³-hybridized carbons (Fsp3) is 0.464. The maximum Gasteiger partial charge on any atom is 0.407 e. The molecule has 0 saturated heterocycles. The van der Waals surface area contributed by atoms with Crippen molar-refractivity contribution in [3.8, 4) is 11.1 Å². The molecule has 0 spiro atoms. The molecule has 5 rings (SSSR count). The quantitative estimate of drug-likeness (QED) is 0.644. The minimum atomic E-state index is -0.797. The summed E-state index contributed by atoms with van der Waals surface area (Å²) >= 11 is 0. The standard InChI is InChI=1S/C28H32N2O5/c1-30(18-14-17(15-18)27(32)33)26(31)23-12-6-7-13-25(23)29-28(34)35-16-24-21-10-4-2-8-19(21)20-9-3-5-11-22(20)24/h2-5,8-11,17-18,23-25H,6-7,12-16H2,1H3,(H,29,34)(H,32,33)/t17?,18?,23-,25+/m1/s1. The third-order valence-corrected chi connectivity index (χ3v) is 8.09. The van der Waals surface area contributed by atoms with Crippen molar-refractivity contribution in [1.29, 1.82) is 0 Å². The number of hydrogen-bond acceptors (Lipinski definition) is 4. The average Bonchev–Trinajstić information content (AvgIpc) is 3.15. The van der Waals surface area contributed by atoms with E-state index in [0.29, 0.717) is 19.3 Å². The SMILES string of the molecule is CN(C(=O)[C@@H]1CCCC[C@@H]1NC(=O)OCC1c2ccccc2-c2ccccc21)C1CC(C(=O)O)C1. The molecule has 3 aliphatic rings. The van der Waals surface area contributed by atoms with Crippen molar-refractivity contribution in [2.75, 3.05) is 13.7 Å². The Bertz CT molecular complexity index is 1080. The number of nitrogens with zero attached hydrogens (tertiary/aromatic N) is 1. The summed E-state index contributed by atoms with van der Waals surface area (Å²) in [5, 5.41) is 12.1. The summed E-state index contributed by atoms with van der Waals surface area (Å²) in [7, 11) is 1.75. The fourth-order valence-electron chi connectivity index (χ4n) is 5.94. The second-order valence-corrected chi connectivity index (χ2v) is 10.1. The van der Waals surface area contributed by atoms with E-state index < -0.39 is 12.1 Å². The summed E-state index contributed by atoms with van der Waals surface area (Å²) in [6.45, 7) is 0.240. The van der Waals surface area contributed by atoms with Crippen molar-refractivity contribution < 1.29 is 24.2 Å². The molecule has 2 amide bonds. The summed E-state index contributed by atoms with van der Waals surface area (Å²) in [5.41, 5.74) is 4.68. The molecule has 0 bridgehead atoms. The highest BCUT2D eigenvalue weighted by Gasteiger charge is 2.42. The maximum absolute atomic E-state index is 13.2. The van der Waals surface area contributed by atoms with Gasteiger partial charge in [0, 0.05) is 25.0 Å². The largest absolute Gasteiger partial charge is 0.481 e. The van der Waals surface area contributed by atoms with Crippen LogP contribution in [0.15, 0.2) is 48.5 Å². The third-order valence-electron chi connectivity index (χ3n) is 8.09. The molecule has 2 atom stereocenters. The van der Waals surface area contributed by atoms with Gasteiger partial charge in [-0.2, -0.15) is 0 Å². The molecule has 184 valence electrons. The van der Waals surface area contributed by atoms with E-state index in [4.69, 9.17) is 9.84 Å². The van der Waals surface area contributed by atoms with Gasteiger partial charge in [-0.15, -0.1) is 0 Å². The van der Waals surface area contributed by atoms with Crippen molar-refractivity contribution in [2.24, 2.45) is 11.8 Å². The Balaban J connectivity index is 1.20. The molecule has 3 aliphatic carbocycles. The first-order chi connectivity index (χ1) is 16.9. The molecule has 2 aromatic carbocycles. The first-order valence-corrected chi connectivity index (χ1v) is 12.5. The highest BCUT2D eigenvalue weighted by molar-refractivity contribution is 5.82. The number of carboxylic acids is 1. The van der Waals surface area contributed by atoms with E-state index in [-0.39, 0.29) is 42.4 Å². The summed E-state index contributed by atoms with van der Waals surface area (Å²) < 4.78 is 5.71. The van der Waals surface area contributed by atoms with Crippen LogP contribution in [0.1, 0.15) is 55.6 Å². The lowest BCUT2D eigenvalue weighted by molar-refractivity contribution is -0.151. The van der Waals surface area contributed by atoms with Crippen molar-refractivity contribution >= 4 is 18.0 Å². The van der Waals surface area contributed by atoms with Crippen LogP contribution in [-0.2, 0) is 14.3 Å². The number of fused-ring (bicyclic) bond motifs is 3. The van der Waals surface area contributed by atoms with E-state index in [1.807, 2.05) is 24.3 Å². The number of alkyl carbamates (subject to hydrolysis) is 1. The number of ether oxygens (including phenoxy) is 1. The molecule has 2 fully saturated rings. The van der Waals surface area contributed by atoms with Crippen LogP contribution in [0.25, 0.3) is 11.1 Å². The predicted octanol–water partition coefficient (Wildman–Crippen LogP) is 4.41. The zero-order chi connectivity index (χ0) is 24.5. The zero-order valence-corrected chi connectivity index (χ0v) is 20.0. The number of carboxylic acid groups (broad SMARTS) is 1. The van der Waals surface area contributed by atoms with Gasteiger partial charge in [0.2, 0.25) is 5.91 Å². The van der Waals surface area contributed by atoms with E-state index in [9.17, 15) is 14.4 Å². The van der Waals surface area contributed by atoms with Crippen LogP contribution < -0.4 is 5.32 Å². The number of rotatable bonds is 6. The van der Waals surface area contributed by atoms with E-state index in [0.717, 1.165) is 30.4 Å². The molecule has 2 saturated carbocycles. The minimum Gasteiger partial charge on any atom is -0.481 e. The van der Waals surface area contributed by atoms with Gasteiger partial charge in [-0.3, -0.25) is 9.59 Å². The van der Waals surface area contributed by atoms with Crippen LogP contribution in [0.5, 0.6) is 0 Å². The fourth-order valence-corrected chi connectivity index (χ4v) is 5.94. The lowest BCUT2D eigenvalue weighted by Gasteiger charge is -2.42. The van der Waals surface area contributed by atoms with E-state index in [1.54, 1.807) is 11.9 Å². The second kappa shape index (κ2) is 9.72. The molecule has 0 unspecified atom stereocenters. The van der Waals surface area contributed by atoms with Gasteiger partial charge in [0.25, 0.3) is 0 Å². The van der Waals surface area contributed by atoms with Crippen molar-refractivity contribution in [3.63, 3.8) is 0 Å². The summed E-state index contributed by atoms with van der Waals surface area (Å²) in [5.74, 6) is -1.49. The summed E-state index contributed by atoms with van der Waals surface area (Å²) in [6, 6.07) is 16.1. The van der Waals surface area contributed by atoms with E-state index in [2.05, 4.69) is 29.6 Å². The maximum atomic E-state index is 13.2. The second-order valence-electron chi connectivity index (χ2n) is 10.1. The topological polar surface area (TPSA) is 95.9 Å². The van der Waals surface area contributed by atoms with Gasteiger partial charge in [0.1, 0.15) is 6.61 Å². The number of carbonyl (C=O) groups excluding carboxylic acids is 2. The lowest BCUT2D eigenvalue weighted by Crippen LogP contribution is -2.54. The molecule has 35 heavy (non-hydrogen) atoms. The van der Waals surface area contributed by atoms with Crippen molar-refractivity contribution in [3.05, 3.63) is 59.7 Å². The van der Waals surface area contributed by atoms with Crippen LogP contribution >= 0.6 is 0 Å². The Morgan fingerprint density at radius 1 is 0.971 bits per heavy atom. The normalized spacial score (nSPS) is 25.1. The molecule has 0 aromatic heterocycles. The van der Waals surface area contributed by atoms with Crippen LogP contribution in [-0.4, -0.2) is 53.7 Å². The van der Waals surface area contributed by atoms with Gasteiger partial charge in [0.15, 0.2) is 0 Å². The Hall–Kier alpha value is -3.35. The molecule has 2 aromatic rings. The summed E-state index contributed by atoms with van der Waals surface area (Å²) in [6.07, 6.45) is 3.84. The number of benzene rings is 2. The molecule has 7 heteroatoms. The highest BCUT2D eigenvalue weighted by Crippen LogP contribution is 2.44. The van der Waals surface area contributed by atoms with Crippen LogP contribution in [0.4, 0.5) is 4.79 Å². The molecule has 0 radical (unpaired) electrons. The monoisotopic (exact) mass is 476 g/mol. The molecule has 0 aliphatic heterocycles. The van der Waals surface area contributed by atoms with Crippen molar-refractivity contribution in [1.82, 2.24) is 10.2 Å². The Morgan fingerprint density at radius 2 is 1.57 bits per heavy atom. The van der Waals surface area contributed by atoms with E-state index in [1.165, 1.54) is 11.1 Å². The van der Waals surface area contributed by atoms with Gasteiger partial charge in [-0.05, 0) is 47.9 Å². The molecule has 0 heterocycles. The van der Waals surface area contributed by atoms with Crippen LogP contribution in [0.3, 0.4) is 0 Å².